The number of rotatable bonds is 0. The third-order valence-electron chi connectivity index (χ3n) is 0. The van der Waals surface area contributed by atoms with Crippen molar-refractivity contribution in [3.05, 3.63) is 7.18 Å². The van der Waals surface area contributed by atoms with Gasteiger partial charge in [0, 0.05) is 0 Å². The molecule has 0 aromatic heterocycles. The Hall–Kier alpha value is -0.600. The van der Waals surface area contributed by atoms with Gasteiger partial charge < -0.3 is 5.11 Å². The quantitative estimate of drug-likeness (QED) is 0.419. The summed E-state index contributed by atoms with van der Waals surface area (Å²) in [7, 11) is 4.25. The molecular formula is C2H2FO2. The van der Waals surface area contributed by atoms with E-state index in [4.69, 9.17) is 14.3 Å². The predicted molar refractivity (Wildman–Crippen MR) is 13.0 cm³/mol. The summed E-state index contributed by atoms with van der Waals surface area (Å²) in [5, 5.41) is 6.89. The Morgan fingerprint density at radius 3 is 1.80 bits per heavy atom. The Kier molecular flexibility index (Phi) is 216. The van der Waals surface area contributed by atoms with Crippen molar-refractivity contribution in [3.8, 4) is 0 Å². The van der Waals surface area contributed by atoms with Crippen LogP contribution in [0.3, 0.4) is 0 Å². The number of carboxylic acid groups (broad SMARTS) is 1. The highest BCUT2D eigenvalue weighted by Gasteiger charge is 1.22. The maximum atomic E-state index is 8.75. The molecule has 0 aliphatic rings. The van der Waals surface area contributed by atoms with Crippen molar-refractivity contribution < 1.29 is 14.3 Å². The molecule has 3 heteroatoms. The van der Waals surface area contributed by atoms with Crippen LogP contribution in [-0.2, 0) is 4.79 Å². The van der Waals surface area contributed by atoms with Crippen LogP contribution in [0.15, 0.2) is 0 Å². The summed E-state index contributed by atoms with van der Waals surface area (Å²) in [6, 6.07) is 0. The molecule has 0 aliphatic carbocycles. The van der Waals surface area contributed by atoms with Crippen LogP contribution in [0.2, 0.25) is 0 Å². The average molecular weight is 77.0 g/mol. The molecular weight excluding hydrogens is 75.0 g/mol. The molecule has 0 aliphatic heterocycles. The van der Waals surface area contributed by atoms with Gasteiger partial charge >= 0.3 is 0 Å². The van der Waals surface area contributed by atoms with E-state index in [0.29, 0.717) is 0 Å². The van der Waals surface area contributed by atoms with E-state index in [1.54, 1.807) is 0 Å². The highest BCUT2D eigenvalue weighted by molar-refractivity contribution is 5.32. The van der Waals surface area contributed by atoms with Gasteiger partial charge in [0.2, 0.25) is 7.18 Å². The first kappa shape index (κ1) is 8.83. The van der Waals surface area contributed by atoms with E-state index < -0.39 is 0 Å². The number of carbonyl (C=O) groups is 1. The minimum absolute atomic E-state index is 0.250. The largest absolute Gasteiger partial charge is 0.483 e. The lowest BCUT2D eigenvalue weighted by Crippen LogP contribution is -1.49. The fourth-order valence-electron chi connectivity index (χ4n) is 0. The molecule has 0 fully saturated rings. The van der Waals surface area contributed by atoms with Crippen molar-refractivity contribution in [1.82, 2.24) is 0 Å². The average Bonchev–Trinajstić information content (AvgIpc) is 1.46. The van der Waals surface area contributed by atoms with Gasteiger partial charge in [-0.2, -0.15) is 0 Å². The zero-order valence-electron chi connectivity index (χ0n) is 2.31. The minimum atomic E-state index is -0.250. The van der Waals surface area contributed by atoms with Crippen LogP contribution < -0.4 is 0 Å². The second kappa shape index (κ2) is 122. The van der Waals surface area contributed by atoms with Crippen LogP contribution in [0, 0.1) is 7.18 Å². The molecule has 0 bridgehead atoms. The molecule has 0 heterocycles. The first-order valence-corrected chi connectivity index (χ1v) is 0.683. The lowest BCUT2D eigenvalue weighted by molar-refractivity contribution is -0.122. The normalized spacial score (nSPS) is 3.60. The topological polar surface area (TPSA) is 37.3 Å². The molecule has 0 saturated carbocycles. The monoisotopic (exact) mass is 77.0 g/mol. The smallest absolute Gasteiger partial charge is 0.290 e. The lowest BCUT2D eigenvalue weighted by atomic mass is 11.7. The van der Waals surface area contributed by atoms with E-state index in [0.717, 1.165) is 0 Å². The Balaban J connectivity index is 0. The standard InChI is InChI=1S/CF.CH2O2/c1-2;2-1-3/h;1H,(H,2,3). The van der Waals surface area contributed by atoms with Gasteiger partial charge in [0.25, 0.3) is 6.47 Å². The van der Waals surface area contributed by atoms with Crippen LogP contribution in [0.1, 0.15) is 0 Å². The van der Waals surface area contributed by atoms with Gasteiger partial charge in [-0.05, 0) is 0 Å². The molecule has 0 amide bonds. The Morgan fingerprint density at radius 1 is 1.80 bits per heavy atom. The van der Waals surface area contributed by atoms with Crippen molar-refractivity contribution in [2.45, 2.75) is 0 Å². The summed E-state index contributed by atoms with van der Waals surface area (Å²) in [5.41, 5.74) is 0. The van der Waals surface area contributed by atoms with E-state index in [-0.39, 0.29) is 6.47 Å². The zero-order chi connectivity index (χ0) is 4.71. The summed E-state index contributed by atoms with van der Waals surface area (Å²) in [4.78, 5) is 8.36. The maximum absolute atomic E-state index is 8.75. The van der Waals surface area contributed by atoms with Gasteiger partial charge in [-0.25, -0.2) is 4.39 Å². The van der Waals surface area contributed by atoms with E-state index in [2.05, 4.69) is 7.18 Å². The molecule has 0 atom stereocenters. The second-order valence-corrected chi connectivity index (χ2v) is 0.105. The fourth-order valence-corrected chi connectivity index (χ4v) is 0. The Bertz CT molecular complexity index is 15.1. The van der Waals surface area contributed by atoms with E-state index in [9.17, 15) is 0 Å². The van der Waals surface area contributed by atoms with E-state index >= 15 is 0 Å². The van der Waals surface area contributed by atoms with Gasteiger partial charge in [-0.15, -0.1) is 0 Å². The van der Waals surface area contributed by atoms with Gasteiger partial charge in [-0.3, -0.25) is 4.79 Å². The number of halogens is 1. The first-order valence-electron chi connectivity index (χ1n) is 0.683. The third kappa shape index (κ3) is 18.5. The summed E-state index contributed by atoms with van der Waals surface area (Å²) >= 11 is 0. The molecule has 0 saturated heterocycles. The zero-order valence-corrected chi connectivity index (χ0v) is 2.31. The Labute approximate surface area is 29.2 Å². The summed E-state index contributed by atoms with van der Waals surface area (Å²) in [6.45, 7) is -0.250. The van der Waals surface area contributed by atoms with Crippen molar-refractivity contribution in [1.29, 1.82) is 0 Å². The van der Waals surface area contributed by atoms with Crippen LogP contribution >= 0.6 is 0 Å². The molecule has 0 rings (SSSR count). The lowest BCUT2D eigenvalue weighted by Gasteiger charge is -1.34. The van der Waals surface area contributed by atoms with E-state index in [1.165, 1.54) is 0 Å². The van der Waals surface area contributed by atoms with E-state index in [1.807, 2.05) is 0 Å². The minimum Gasteiger partial charge on any atom is -0.483 e. The molecule has 0 spiro atoms. The molecule has 0 aromatic rings. The highest BCUT2D eigenvalue weighted by Crippen LogP contribution is 1.27. The molecule has 3 radical (unpaired) electrons. The van der Waals surface area contributed by atoms with Crippen LogP contribution in [0.25, 0.3) is 0 Å². The van der Waals surface area contributed by atoms with Gasteiger partial charge in [-0.1, -0.05) is 0 Å². The summed E-state index contributed by atoms with van der Waals surface area (Å²) in [5.74, 6) is 0. The highest BCUT2D eigenvalue weighted by atomic mass is 19.1. The molecule has 1 N–H and O–H groups in total. The number of hydrogen-bond acceptors (Lipinski definition) is 1. The van der Waals surface area contributed by atoms with Gasteiger partial charge in [0.05, 0.1) is 0 Å². The Morgan fingerprint density at radius 2 is 1.80 bits per heavy atom. The number of hydrogen-bond donors (Lipinski definition) is 1. The van der Waals surface area contributed by atoms with Gasteiger partial charge in [0.1, 0.15) is 0 Å². The van der Waals surface area contributed by atoms with Crippen LogP contribution in [0.4, 0.5) is 4.39 Å². The summed E-state index contributed by atoms with van der Waals surface area (Å²) in [6.07, 6.45) is 0. The first-order chi connectivity index (χ1) is 2.41. The SMILES string of the molecule is O=CO.[C]F. The molecule has 29 valence electrons. The van der Waals surface area contributed by atoms with Crippen LogP contribution in [0.5, 0.6) is 0 Å². The van der Waals surface area contributed by atoms with Gasteiger partial charge in [0.15, 0.2) is 0 Å². The molecule has 0 aromatic carbocycles. The predicted octanol–water partition coefficient (Wildman–Crippen LogP) is 0.202. The fraction of sp³-hybridized carbons (Fsp3) is 0. The third-order valence-corrected chi connectivity index (χ3v) is 0. The van der Waals surface area contributed by atoms with Crippen molar-refractivity contribution in [2.24, 2.45) is 0 Å². The second-order valence-electron chi connectivity index (χ2n) is 0.105. The molecule has 5 heavy (non-hydrogen) atoms. The van der Waals surface area contributed by atoms with Crippen molar-refractivity contribution in [3.63, 3.8) is 0 Å². The maximum Gasteiger partial charge on any atom is 0.290 e. The van der Waals surface area contributed by atoms with Crippen LogP contribution in [-0.4, -0.2) is 11.6 Å². The summed E-state index contributed by atoms with van der Waals surface area (Å²) < 4.78 is 8.75. The molecule has 0 unspecified atom stereocenters. The van der Waals surface area contributed by atoms with Crippen molar-refractivity contribution >= 4 is 6.47 Å². The molecule has 2 nitrogen and oxygen atoms in total. The van der Waals surface area contributed by atoms with Crippen molar-refractivity contribution in [2.75, 3.05) is 0 Å².